The van der Waals surface area contributed by atoms with Crippen molar-refractivity contribution in [1.29, 1.82) is 0 Å². The first-order valence-corrected chi connectivity index (χ1v) is 9.88. The maximum atomic E-state index is 11.3. The summed E-state index contributed by atoms with van der Waals surface area (Å²) in [5.74, 6) is -0.125. The van der Waals surface area contributed by atoms with Crippen molar-refractivity contribution in [2.45, 2.75) is 26.3 Å². The molecule has 0 fully saturated rings. The number of carboxylic acid groups (broad SMARTS) is 2. The second kappa shape index (κ2) is 12.9. The molecule has 1 heterocycles. The molecule has 1 aromatic heterocycles. The molecule has 0 atom stereocenters. The van der Waals surface area contributed by atoms with E-state index >= 15 is 0 Å². The molecular weight excluding hydrogens is 424 g/mol. The van der Waals surface area contributed by atoms with Crippen molar-refractivity contribution in [3.05, 3.63) is 40.4 Å². The van der Waals surface area contributed by atoms with Crippen LogP contribution in [-0.2, 0) is 24.2 Å². The minimum Gasteiger partial charge on any atom is -0.465 e. The molecule has 168 valence electrons. The van der Waals surface area contributed by atoms with E-state index < -0.39 is 12.2 Å². The Morgan fingerprint density at radius 1 is 1.19 bits per heavy atom. The molecule has 0 spiro atoms. The highest BCUT2D eigenvalue weighted by Gasteiger charge is 2.13. The van der Waals surface area contributed by atoms with E-state index in [0.29, 0.717) is 10.8 Å². The van der Waals surface area contributed by atoms with Crippen molar-refractivity contribution in [3.63, 3.8) is 0 Å². The van der Waals surface area contributed by atoms with Gasteiger partial charge in [-0.2, -0.15) is 0 Å². The Kier molecular flexibility index (Phi) is 10.6. The molecule has 2 aromatic rings. The Hall–Kier alpha value is -3.51. The number of hydrogen-bond donors (Lipinski definition) is 5. The van der Waals surface area contributed by atoms with Crippen LogP contribution in [0.15, 0.2) is 29.3 Å². The number of primary amides is 1. The summed E-state index contributed by atoms with van der Waals surface area (Å²) < 4.78 is 0. The lowest BCUT2D eigenvalue weighted by Crippen LogP contribution is -2.17. The number of aliphatic imine (C=N–C) groups is 1. The average molecular weight is 451 g/mol. The van der Waals surface area contributed by atoms with Crippen LogP contribution in [0.5, 0.6) is 0 Å². The van der Waals surface area contributed by atoms with Crippen LogP contribution in [-0.4, -0.2) is 58.6 Å². The Morgan fingerprint density at radius 2 is 1.81 bits per heavy atom. The second-order valence-electron chi connectivity index (χ2n) is 6.52. The number of nitrogens with two attached hydrogens (primary N) is 1. The molecule has 31 heavy (non-hydrogen) atoms. The van der Waals surface area contributed by atoms with Gasteiger partial charge in [-0.15, -0.1) is 11.3 Å². The third-order valence-corrected chi connectivity index (χ3v) is 4.51. The highest BCUT2D eigenvalue weighted by atomic mass is 32.1. The molecule has 0 unspecified atom stereocenters. The lowest BCUT2D eigenvalue weighted by molar-refractivity contribution is -0.114. The Morgan fingerprint density at radius 3 is 2.32 bits per heavy atom. The molecule has 0 radical (unpaired) electrons. The van der Waals surface area contributed by atoms with E-state index in [2.05, 4.69) is 31.2 Å². The van der Waals surface area contributed by atoms with Crippen molar-refractivity contribution < 1.29 is 24.6 Å². The van der Waals surface area contributed by atoms with Crippen molar-refractivity contribution in [2.24, 2.45) is 10.7 Å². The highest BCUT2D eigenvalue weighted by Crippen LogP contribution is 2.25. The smallest absolute Gasteiger partial charge is 0.409 e. The van der Waals surface area contributed by atoms with Crippen molar-refractivity contribution in [1.82, 2.24) is 15.2 Å². The standard InChI is InChI=1S/C18H23N5O3S.CH3NO2/c1-12(24)21-17-22-15(16(27-17)10-23(2)3)9-6-13-4-7-14(8-5-13)19-11-20-18(25)26;2-1(3)4/h4-5,7-8,11H,6,9-10H2,1-3H3,(H,19,20)(H,25,26)(H,21,22,24);2H2,(H,3,4). The zero-order valence-corrected chi connectivity index (χ0v) is 18.3. The summed E-state index contributed by atoms with van der Waals surface area (Å²) in [5, 5.41) is 21.2. The van der Waals surface area contributed by atoms with E-state index in [1.54, 1.807) is 0 Å². The number of amides is 3. The molecular formula is C19H26N6O5S. The van der Waals surface area contributed by atoms with Gasteiger partial charge in [0.1, 0.15) is 0 Å². The molecule has 6 N–H and O–H groups in total. The SMILES string of the molecule is CC(=O)Nc1nc(CCc2ccc(N=CNC(=O)O)cc2)c(CN(C)C)s1.NC(=O)O. The maximum Gasteiger partial charge on any atom is 0.409 e. The number of rotatable bonds is 8. The number of nitrogens with one attached hydrogen (secondary N) is 2. The molecule has 3 amide bonds. The predicted octanol–water partition coefficient (Wildman–Crippen LogP) is 2.50. The molecule has 0 aliphatic heterocycles. The lowest BCUT2D eigenvalue weighted by atomic mass is 10.1. The number of anilines is 1. The number of hydrogen-bond acceptors (Lipinski definition) is 7. The maximum absolute atomic E-state index is 11.3. The van der Waals surface area contributed by atoms with Gasteiger partial charge in [0.15, 0.2) is 5.13 Å². The molecule has 0 bridgehead atoms. The molecule has 0 aliphatic rings. The third-order valence-electron chi connectivity index (χ3n) is 3.51. The van der Waals surface area contributed by atoms with E-state index in [1.165, 1.54) is 18.3 Å². The molecule has 0 aliphatic carbocycles. The van der Waals surface area contributed by atoms with Crippen LogP contribution in [0.4, 0.5) is 20.4 Å². The van der Waals surface area contributed by atoms with E-state index in [-0.39, 0.29) is 5.91 Å². The number of carbonyl (C=O) groups is 3. The monoisotopic (exact) mass is 450 g/mol. The van der Waals surface area contributed by atoms with Crippen molar-refractivity contribution in [2.75, 3.05) is 19.4 Å². The van der Waals surface area contributed by atoms with Crippen LogP contribution in [0.25, 0.3) is 0 Å². The van der Waals surface area contributed by atoms with Gasteiger partial charge in [-0.05, 0) is 44.6 Å². The molecule has 0 saturated heterocycles. The first-order chi connectivity index (χ1) is 14.6. The van der Waals surface area contributed by atoms with Crippen LogP contribution < -0.4 is 16.4 Å². The average Bonchev–Trinajstić information content (AvgIpc) is 3.00. The fourth-order valence-electron chi connectivity index (χ4n) is 2.37. The van der Waals surface area contributed by atoms with Gasteiger partial charge in [0.2, 0.25) is 5.91 Å². The van der Waals surface area contributed by atoms with Gasteiger partial charge < -0.3 is 26.2 Å². The number of benzene rings is 1. The second-order valence-corrected chi connectivity index (χ2v) is 7.60. The summed E-state index contributed by atoms with van der Waals surface area (Å²) >= 11 is 1.51. The van der Waals surface area contributed by atoms with Crippen LogP contribution >= 0.6 is 11.3 Å². The van der Waals surface area contributed by atoms with Gasteiger partial charge in [0.05, 0.1) is 17.7 Å². The summed E-state index contributed by atoms with van der Waals surface area (Å²) in [7, 11) is 4.00. The largest absolute Gasteiger partial charge is 0.465 e. The Labute approximate surface area is 183 Å². The number of nitrogens with zero attached hydrogens (tertiary/aromatic N) is 3. The molecule has 1 aromatic carbocycles. The van der Waals surface area contributed by atoms with E-state index in [4.69, 9.17) is 15.0 Å². The summed E-state index contributed by atoms with van der Waals surface area (Å²) in [6.07, 6.45) is 0.235. The number of carbonyl (C=O) groups excluding carboxylic acids is 1. The zero-order chi connectivity index (χ0) is 23.4. The topological polar surface area (TPSA) is 170 Å². The minimum absolute atomic E-state index is 0.125. The highest BCUT2D eigenvalue weighted by molar-refractivity contribution is 7.15. The van der Waals surface area contributed by atoms with Crippen molar-refractivity contribution in [3.8, 4) is 0 Å². The number of aromatic nitrogens is 1. The van der Waals surface area contributed by atoms with Crippen LogP contribution in [0.3, 0.4) is 0 Å². The predicted molar refractivity (Wildman–Crippen MR) is 119 cm³/mol. The number of thiazole rings is 1. The molecule has 12 heteroatoms. The molecule has 0 saturated carbocycles. The first-order valence-electron chi connectivity index (χ1n) is 9.07. The first kappa shape index (κ1) is 25.5. The van der Waals surface area contributed by atoms with Gasteiger partial charge in [0.25, 0.3) is 0 Å². The summed E-state index contributed by atoms with van der Waals surface area (Å²) in [6.45, 7) is 2.25. The fraction of sp³-hybridized carbons (Fsp3) is 0.316. The third kappa shape index (κ3) is 11.3. The number of aryl methyl sites for hydroxylation is 2. The zero-order valence-electron chi connectivity index (χ0n) is 17.5. The fourth-order valence-corrected chi connectivity index (χ4v) is 3.54. The van der Waals surface area contributed by atoms with Crippen LogP contribution in [0.1, 0.15) is 23.1 Å². The molecule has 11 nitrogen and oxygen atoms in total. The molecule has 2 rings (SSSR count). The summed E-state index contributed by atoms with van der Waals surface area (Å²) in [4.78, 5) is 42.2. The van der Waals surface area contributed by atoms with E-state index in [0.717, 1.165) is 41.9 Å². The summed E-state index contributed by atoms with van der Waals surface area (Å²) in [6, 6.07) is 7.58. The normalized spacial score (nSPS) is 10.5. The van der Waals surface area contributed by atoms with Crippen LogP contribution in [0.2, 0.25) is 0 Å². The van der Waals surface area contributed by atoms with E-state index in [9.17, 15) is 9.59 Å². The van der Waals surface area contributed by atoms with Gasteiger partial charge >= 0.3 is 12.2 Å². The van der Waals surface area contributed by atoms with Crippen LogP contribution in [0, 0.1) is 0 Å². The lowest BCUT2D eigenvalue weighted by Gasteiger charge is -2.09. The van der Waals surface area contributed by atoms with Gasteiger partial charge in [0, 0.05) is 18.3 Å². The Bertz CT molecular complexity index is 907. The van der Waals surface area contributed by atoms with Gasteiger partial charge in [-0.3, -0.25) is 10.1 Å². The quantitative estimate of drug-likeness (QED) is 0.304. The Balaban J connectivity index is 0.00000110. The summed E-state index contributed by atoms with van der Waals surface area (Å²) in [5.41, 5.74) is 6.82. The van der Waals surface area contributed by atoms with Gasteiger partial charge in [-0.1, -0.05) is 12.1 Å². The minimum atomic E-state index is -1.33. The van der Waals surface area contributed by atoms with Gasteiger partial charge in [-0.25, -0.2) is 19.6 Å². The van der Waals surface area contributed by atoms with E-state index in [1.807, 2.05) is 38.4 Å². The van der Waals surface area contributed by atoms with Crippen molar-refractivity contribution >= 4 is 46.6 Å².